The Labute approximate surface area is 191 Å². The molecular formula is C23H37N7S. The van der Waals surface area contributed by atoms with Gasteiger partial charge in [0.2, 0.25) is 0 Å². The highest BCUT2D eigenvalue weighted by atomic mass is 32.2. The van der Waals surface area contributed by atoms with Gasteiger partial charge >= 0.3 is 0 Å². The Morgan fingerprint density at radius 3 is 2.74 bits per heavy atom. The number of nitrogens with zero attached hydrogens (tertiary/aromatic N) is 5. The van der Waals surface area contributed by atoms with Crippen LogP contribution in [-0.4, -0.2) is 62.8 Å². The molecule has 7 nitrogen and oxygen atoms in total. The van der Waals surface area contributed by atoms with Gasteiger partial charge in [0.1, 0.15) is 12.4 Å². The highest BCUT2D eigenvalue weighted by Gasteiger charge is 2.26. The summed E-state index contributed by atoms with van der Waals surface area (Å²) in [6.45, 7) is 7.86. The Balaban J connectivity index is 1.56. The zero-order valence-corrected chi connectivity index (χ0v) is 20.2. The summed E-state index contributed by atoms with van der Waals surface area (Å²) in [5, 5.41) is 15.6. The Kier molecular flexibility index (Phi) is 9.21. The van der Waals surface area contributed by atoms with Crippen LogP contribution in [0.25, 0.3) is 0 Å². The number of aliphatic imine (C=N–C) groups is 1. The number of hydrogen-bond donors (Lipinski definition) is 2. The summed E-state index contributed by atoms with van der Waals surface area (Å²) in [5.41, 5.74) is 1.39. The molecule has 170 valence electrons. The molecule has 0 amide bonds. The van der Waals surface area contributed by atoms with E-state index >= 15 is 0 Å². The van der Waals surface area contributed by atoms with Crippen LogP contribution in [0.1, 0.15) is 43.4 Å². The van der Waals surface area contributed by atoms with Crippen LogP contribution < -0.4 is 10.6 Å². The number of hydrogen-bond acceptors (Lipinski definition) is 5. The number of piperidine rings is 1. The lowest BCUT2D eigenvalue weighted by Gasteiger charge is -2.38. The van der Waals surface area contributed by atoms with Crippen molar-refractivity contribution in [2.24, 2.45) is 12.0 Å². The second-order valence-corrected chi connectivity index (χ2v) is 9.32. The summed E-state index contributed by atoms with van der Waals surface area (Å²) in [6.07, 6.45) is 5.50. The summed E-state index contributed by atoms with van der Waals surface area (Å²) in [4.78, 5) is 7.40. The van der Waals surface area contributed by atoms with Gasteiger partial charge in [0.15, 0.2) is 11.8 Å². The molecular weight excluding hydrogens is 406 g/mol. The maximum absolute atomic E-state index is 4.82. The quantitative estimate of drug-likeness (QED) is 0.353. The zero-order valence-electron chi connectivity index (χ0n) is 19.3. The third kappa shape index (κ3) is 7.25. The summed E-state index contributed by atoms with van der Waals surface area (Å²) >= 11 is 1.88. The molecule has 0 radical (unpaired) electrons. The van der Waals surface area contributed by atoms with E-state index in [1.54, 1.807) is 0 Å². The van der Waals surface area contributed by atoms with Crippen LogP contribution in [0.4, 0.5) is 0 Å². The van der Waals surface area contributed by atoms with Crippen molar-refractivity contribution in [3.05, 3.63) is 47.5 Å². The third-order valence-corrected chi connectivity index (χ3v) is 6.66. The van der Waals surface area contributed by atoms with Gasteiger partial charge in [0, 0.05) is 38.8 Å². The number of aromatic nitrogens is 3. The third-order valence-electron chi connectivity index (χ3n) is 5.96. The van der Waals surface area contributed by atoms with Gasteiger partial charge in [-0.25, -0.2) is 4.99 Å². The molecule has 0 bridgehead atoms. The van der Waals surface area contributed by atoms with Crippen molar-refractivity contribution >= 4 is 17.7 Å². The highest BCUT2D eigenvalue weighted by Crippen LogP contribution is 2.20. The number of nitrogens with one attached hydrogen (secondary N) is 2. The van der Waals surface area contributed by atoms with Gasteiger partial charge in [-0.15, -0.1) is 10.2 Å². The van der Waals surface area contributed by atoms with Crippen molar-refractivity contribution in [1.29, 1.82) is 0 Å². The second kappa shape index (κ2) is 12.1. The second-order valence-electron chi connectivity index (χ2n) is 8.33. The van der Waals surface area contributed by atoms with Crippen molar-refractivity contribution in [3.63, 3.8) is 0 Å². The van der Waals surface area contributed by atoms with Gasteiger partial charge in [0.25, 0.3) is 0 Å². The first-order valence-corrected chi connectivity index (χ1v) is 12.6. The average molecular weight is 444 g/mol. The van der Waals surface area contributed by atoms with Gasteiger partial charge in [0.05, 0.1) is 0 Å². The number of likely N-dealkylation sites (tertiary alicyclic amines) is 1. The number of thioether (sulfide) groups is 1. The van der Waals surface area contributed by atoms with Crippen molar-refractivity contribution in [2.45, 2.75) is 58.3 Å². The lowest BCUT2D eigenvalue weighted by Crippen LogP contribution is -2.51. The van der Waals surface area contributed by atoms with Crippen LogP contribution in [0.2, 0.25) is 0 Å². The van der Waals surface area contributed by atoms with Crippen LogP contribution in [0.3, 0.4) is 0 Å². The molecule has 1 aromatic heterocycles. The first-order valence-electron chi connectivity index (χ1n) is 11.2. The fourth-order valence-corrected chi connectivity index (χ4v) is 4.35. The summed E-state index contributed by atoms with van der Waals surface area (Å²) in [5.74, 6) is 3.83. The van der Waals surface area contributed by atoms with Crippen LogP contribution in [-0.2, 0) is 20.1 Å². The SMILES string of the molecule is CSCCCNC(=NCc1nnc(C)n1C)NC1CCN(Cc2ccccc2)C(C)C1. The van der Waals surface area contributed by atoms with Crippen LogP contribution >= 0.6 is 11.8 Å². The standard InChI is InChI=1S/C23H37N7S/c1-18-15-21(11-13-30(18)17-20-9-6-5-7-10-20)26-23(24-12-8-14-31-4)25-16-22-28-27-19(2)29(22)3/h5-7,9-10,18,21H,8,11-17H2,1-4H3,(H2,24,25,26). The lowest BCUT2D eigenvalue weighted by atomic mass is 9.97. The minimum Gasteiger partial charge on any atom is -0.356 e. The van der Waals surface area contributed by atoms with E-state index in [2.05, 4.69) is 69.2 Å². The van der Waals surface area contributed by atoms with E-state index < -0.39 is 0 Å². The lowest BCUT2D eigenvalue weighted by molar-refractivity contribution is 0.134. The molecule has 2 aromatic rings. The molecule has 2 heterocycles. The number of aryl methyl sites for hydroxylation is 1. The molecule has 31 heavy (non-hydrogen) atoms. The summed E-state index contributed by atoms with van der Waals surface area (Å²) < 4.78 is 2.00. The van der Waals surface area contributed by atoms with Crippen LogP contribution in [0, 0.1) is 6.92 Å². The van der Waals surface area contributed by atoms with E-state index in [0.29, 0.717) is 18.6 Å². The van der Waals surface area contributed by atoms with Gasteiger partial charge in [-0.05, 0) is 50.7 Å². The minimum atomic E-state index is 0.426. The van der Waals surface area contributed by atoms with Crippen molar-refractivity contribution in [1.82, 2.24) is 30.3 Å². The van der Waals surface area contributed by atoms with Gasteiger partial charge < -0.3 is 15.2 Å². The Morgan fingerprint density at radius 1 is 1.26 bits per heavy atom. The largest absolute Gasteiger partial charge is 0.356 e. The molecule has 2 atom stereocenters. The minimum absolute atomic E-state index is 0.426. The Bertz CT molecular complexity index is 821. The van der Waals surface area contributed by atoms with Crippen LogP contribution in [0.15, 0.2) is 35.3 Å². The summed E-state index contributed by atoms with van der Waals surface area (Å²) in [7, 11) is 1.99. The van der Waals surface area contributed by atoms with Crippen LogP contribution in [0.5, 0.6) is 0 Å². The van der Waals surface area contributed by atoms with E-state index in [4.69, 9.17) is 4.99 Å². The van der Waals surface area contributed by atoms with E-state index in [1.165, 1.54) is 5.56 Å². The first kappa shape index (κ1) is 23.6. The summed E-state index contributed by atoms with van der Waals surface area (Å²) in [6, 6.07) is 11.7. The smallest absolute Gasteiger partial charge is 0.191 e. The molecule has 3 rings (SSSR count). The number of rotatable bonds is 9. The zero-order chi connectivity index (χ0) is 22.1. The van der Waals surface area contributed by atoms with Crippen molar-refractivity contribution in [3.8, 4) is 0 Å². The van der Waals surface area contributed by atoms with Crippen molar-refractivity contribution in [2.75, 3.05) is 25.1 Å². The van der Waals surface area contributed by atoms with Crippen molar-refractivity contribution < 1.29 is 0 Å². The molecule has 1 fully saturated rings. The molecule has 1 aromatic carbocycles. The molecule has 1 saturated heterocycles. The topological polar surface area (TPSA) is 70.4 Å². The monoisotopic (exact) mass is 443 g/mol. The van der Waals surface area contributed by atoms with Gasteiger partial charge in [-0.1, -0.05) is 30.3 Å². The Hall–Kier alpha value is -2.06. The average Bonchev–Trinajstić information content (AvgIpc) is 3.09. The Morgan fingerprint density at radius 2 is 2.06 bits per heavy atom. The molecule has 2 unspecified atom stereocenters. The van der Waals surface area contributed by atoms with E-state index in [9.17, 15) is 0 Å². The maximum Gasteiger partial charge on any atom is 0.191 e. The fourth-order valence-electron chi connectivity index (χ4n) is 3.91. The molecule has 0 spiro atoms. The molecule has 2 N–H and O–H groups in total. The number of guanidine groups is 1. The molecule has 0 saturated carbocycles. The maximum atomic E-state index is 4.82. The predicted octanol–water partition coefficient (Wildman–Crippen LogP) is 2.96. The van der Waals surface area contributed by atoms with Gasteiger partial charge in [-0.2, -0.15) is 11.8 Å². The predicted molar refractivity (Wildman–Crippen MR) is 130 cm³/mol. The highest BCUT2D eigenvalue weighted by molar-refractivity contribution is 7.98. The van der Waals surface area contributed by atoms with E-state index in [-0.39, 0.29) is 0 Å². The molecule has 1 aliphatic rings. The molecule has 1 aliphatic heterocycles. The van der Waals surface area contributed by atoms with E-state index in [1.807, 2.05) is 30.3 Å². The molecule has 8 heteroatoms. The van der Waals surface area contributed by atoms with Gasteiger partial charge in [-0.3, -0.25) is 4.90 Å². The van der Waals surface area contributed by atoms with E-state index in [0.717, 1.165) is 62.3 Å². The number of benzene rings is 1. The normalized spacial score (nSPS) is 20.1. The fraction of sp³-hybridized carbons (Fsp3) is 0.609. The first-order chi connectivity index (χ1) is 15.1. The molecule has 0 aliphatic carbocycles.